The van der Waals surface area contributed by atoms with Gasteiger partial charge < -0.3 is 13.9 Å². The molecule has 0 aromatic heterocycles. The quantitative estimate of drug-likeness (QED) is 0.397. The van der Waals surface area contributed by atoms with Crippen LogP contribution in [0.3, 0.4) is 0 Å². The average Bonchev–Trinajstić information content (AvgIpc) is 2.46. The van der Waals surface area contributed by atoms with Crippen LogP contribution in [-0.2, 0) is 13.6 Å². The summed E-state index contributed by atoms with van der Waals surface area (Å²) in [6, 6.07) is 3.67. The lowest BCUT2D eigenvalue weighted by Gasteiger charge is -2.23. The van der Waals surface area contributed by atoms with Crippen LogP contribution in [0.4, 0.5) is 5.69 Å². The second-order valence-corrected chi connectivity index (χ2v) is 6.97. The van der Waals surface area contributed by atoms with E-state index in [9.17, 15) is 19.5 Å². The molecule has 0 saturated carbocycles. The molecule has 1 aromatic rings. The minimum Gasteiger partial charge on any atom is -0.329 e. The molecule has 8 nitrogen and oxygen atoms in total. The fraction of sp³-hybridized carbons (Fsp3) is 0.462. The molecule has 0 atom stereocenters. The molecule has 0 saturated heterocycles. The Balaban J connectivity index is 3.07. The molecule has 128 valence electrons. The Morgan fingerprint density at radius 3 is 2.39 bits per heavy atom. The molecule has 0 aliphatic rings. The van der Waals surface area contributed by atoms with Crippen LogP contribution in [0.1, 0.15) is 24.2 Å². The minimum atomic E-state index is -3.50. The first-order chi connectivity index (χ1) is 10.7. The van der Waals surface area contributed by atoms with E-state index in [1.807, 2.05) is 0 Å². The summed E-state index contributed by atoms with van der Waals surface area (Å²) in [5.74, 6) is -0.696. The third-order valence-electron chi connectivity index (χ3n) is 2.77. The molecule has 1 aromatic carbocycles. The van der Waals surface area contributed by atoms with Crippen molar-refractivity contribution < 1.29 is 23.3 Å². The number of nitrogens with zero attached hydrogens (tertiary/aromatic N) is 2. The highest BCUT2D eigenvalue weighted by molar-refractivity contribution is 7.53. The van der Waals surface area contributed by atoms with Crippen molar-refractivity contribution in [1.82, 2.24) is 4.90 Å². The third kappa shape index (κ3) is 5.28. The molecule has 0 aliphatic heterocycles. The van der Waals surface area contributed by atoms with E-state index in [-0.39, 0.29) is 35.8 Å². The van der Waals surface area contributed by atoms with Crippen LogP contribution in [0.25, 0.3) is 0 Å². The lowest BCUT2D eigenvalue weighted by Crippen LogP contribution is -2.29. The summed E-state index contributed by atoms with van der Waals surface area (Å²) in [6.45, 7) is 3.60. The Bertz CT molecular complexity index is 629. The van der Waals surface area contributed by atoms with Gasteiger partial charge in [-0.15, -0.1) is 0 Å². The minimum absolute atomic E-state index is 0.149. The zero-order valence-corrected chi connectivity index (χ0v) is 14.7. The first-order valence-electron chi connectivity index (χ1n) is 6.81. The zero-order chi connectivity index (χ0) is 17.6. The van der Waals surface area contributed by atoms with Crippen LogP contribution in [0, 0.1) is 10.1 Å². The fourth-order valence-corrected chi connectivity index (χ4v) is 3.73. The Morgan fingerprint density at radius 2 is 1.91 bits per heavy atom. The molecule has 10 heteroatoms. The second kappa shape index (κ2) is 8.40. The number of carbonyl (C=O) groups is 1. The monoisotopic (exact) mass is 364 g/mol. The van der Waals surface area contributed by atoms with Crippen molar-refractivity contribution in [2.75, 3.05) is 26.5 Å². The zero-order valence-electron chi connectivity index (χ0n) is 13.0. The van der Waals surface area contributed by atoms with Crippen LogP contribution in [-0.4, -0.2) is 42.3 Å². The van der Waals surface area contributed by atoms with Crippen LogP contribution in [0.15, 0.2) is 18.2 Å². The largest absolute Gasteiger partial charge is 0.349 e. The molecular formula is C13H18ClN2O6P. The van der Waals surface area contributed by atoms with Gasteiger partial charge in [0.25, 0.3) is 11.6 Å². The average molecular weight is 365 g/mol. The Labute approximate surface area is 139 Å². The van der Waals surface area contributed by atoms with Gasteiger partial charge in [0.2, 0.25) is 0 Å². The normalized spacial score (nSPS) is 11.3. The van der Waals surface area contributed by atoms with Crippen molar-refractivity contribution in [3.05, 3.63) is 38.9 Å². The van der Waals surface area contributed by atoms with Crippen molar-refractivity contribution >= 4 is 30.8 Å². The number of rotatable bonds is 8. The predicted molar refractivity (Wildman–Crippen MR) is 85.9 cm³/mol. The number of amides is 1. The molecule has 0 radical (unpaired) electrons. The maximum absolute atomic E-state index is 12.4. The van der Waals surface area contributed by atoms with E-state index in [1.165, 1.54) is 19.2 Å². The number of nitro benzene ring substituents is 1. The highest BCUT2D eigenvalue weighted by Gasteiger charge is 2.31. The molecule has 23 heavy (non-hydrogen) atoms. The Hall–Kier alpha value is -1.47. The number of hydrogen-bond acceptors (Lipinski definition) is 6. The number of hydrogen-bond donors (Lipinski definition) is 0. The Kier molecular flexibility index (Phi) is 7.15. The summed E-state index contributed by atoms with van der Waals surface area (Å²) in [5, 5.41) is 11.2. The maximum atomic E-state index is 12.4. The van der Waals surface area contributed by atoms with Gasteiger partial charge in [0, 0.05) is 18.1 Å². The molecule has 0 aliphatic carbocycles. The molecule has 1 amide bonds. The predicted octanol–water partition coefficient (Wildman–Crippen LogP) is 3.54. The molecular weight excluding hydrogens is 347 g/mol. The molecule has 0 unspecified atom stereocenters. The molecule has 0 N–H and O–H groups in total. The van der Waals surface area contributed by atoms with Gasteiger partial charge in [-0.3, -0.25) is 19.5 Å². The first kappa shape index (κ1) is 19.6. The van der Waals surface area contributed by atoms with E-state index in [2.05, 4.69) is 0 Å². The number of carbonyl (C=O) groups excluding carboxylic acids is 1. The lowest BCUT2D eigenvalue weighted by atomic mass is 10.1. The number of benzene rings is 1. The highest BCUT2D eigenvalue weighted by atomic mass is 35.5. The maximum Gasteiger partial charge on any atom is 0.349 e. The van der Waals surface area contributed by atoms with Gasteiger partial charge in [0.15, 0.2) is 0 Å². The van der Waals surface area contributed by atoms with Crippen molar-refractivity contribution in [1.29, 1.82) is 0 Å². The van der Waals surface area contributed by atoms with Gasteiger partial charge in [0.05, 0.1) is 18.1 Å². The van der Waals surface area contributed by atoms with E-state index in [0.29, 0.717) is 0 Å². The molecule has 0 heterocycles. The topological polar surface area (TPSA) is 99.0 Å². The standard InChI is InChI=1S/C13H18ClN2O6P/c1-4-21-23(20,22-5-2)9-15(3)13(17)11-8-10(14)6-7-12(11)16(18)19/h6-8H,4-5,9H2,1-3H3. The van der Waals surface area contributed by atoms with Crippen molar-refractivity contribution in [2.24, 2.45) is 0 Å². The summed E-state index contributed by atoms with van der Waals surface area (Å²) >= 11 is 5.81. The van der Waals surface area contributed by atoms with Gasteiger partial charge in [-0.25, -0.2) is 0 Å². The van der Waals surface area contributed by atoms with Gasteiger partial charge in [-0.1, -0.05) is 11.6 Å². The SMILES string of the molecule is CCOP(=O)(CN(C)C(=O)c1cc(Cl)ccc1[N+](=O)[O-])OCC. The van der Waals surface area contributed by atoms with E-state index in [1.54, 1.807) is 13.8 Å². The van der Waals surface area contributed by atoms with Gasteiger partial charge in [0.1, 0.15) is 11.8 Å². The highest BCUT2D eigenvalue weighted by Crippen LogP contribution is 2.48. The lowest BCUT2D eigenvalue weighted by molar-refractivity contribution is -0.385. The van der Waals surface area contributed by atoms with Gasteiger partial charge in [-0.05, 0) is 26.0 Å². The van der Waals surface area contributed by atoms with Gasteiger partial charge >= 0.3 is 7.60 Å². The van der Waals surface area contributed by atoms with Crippen molar-refractivity contribution in [2.45, 2.75) is 13.8 Å². The molecule has 0 bridgehead atoms. The summed E-state index contributed by atoms with van der Waals surface area (Å²) in [4.78, 5) is 23.9. The van der Waals surface area contributed by atoms with E-state index in [0.717, 1.165) is 11.0 Å². The fourth-order valence-electron chi connectivity index (χ4n) is 1.88. The van der Waals surface area contributed by atoms with Crippen LogP contribution < -0.4 is 0 Å². The second-order valence-electron chi connectivity index (χ2n) is 4.51. The van der Waals surface area contributed by atoms with Crippen LogP contribution in [0.2, 0.25) is 5.02 Å². The van der Waals surface area contributed by atoms with E-state index in [4.69, 9.17) is 20.6 Å². The van der Waals surface area contributed by atoms with E-state index < -0.39 is 18.4 Å². The van der Waals surface area contributed by atoms with Crippen molar-refractivity contribution in [3.8, 4) is 0 Å². The molecule has 0 fully saturated rings. The third-order valence-corrected chi connectivity index (χ3v) is 5.08. The smallest absolute Gasteiger partial charge is 0.329 e. The van der Waals surface area contributed by atoms with Crippen molar-refractivity contribution in [3.63, 3.8) is 0 Å². The Morgan fingerprint density at radius 1 is 1.35 bits per heavy atom. The summed E-state index contributed by atoms with van der Waals surface area (Å²) in [7, 11) is -2.14. The summed E-state index contributed by atoms with van der Waals surface area (Å²) in [6.07, 6.45) is -0.322. The van der Waals surface area contributed by atoms with E-state index >= 15 is 0 Å². The summed E-state index contributed by atoms with van der Waals surface area (Å²) < 4.78 is 22.7. The summed E-state index contributed by atoms with van der Waals surface area (Å²) in [5.41, 5.74) is -0.571. The first-order valence-corrected chi connectivity index (χ1v) is 8.92. The van der Waals surface area contributed by atoms with Crippen LogP contribution in [0.5, 0.6) is 0 Å². The number of halogens is 1. The molecule has 0 spiro atoms. The van der Waals surface area contributed by atoms with Gasteiger partial charge in [-0.2, -0.15) is 0 Å². The number of nitro groups is 1. The van der Waals surface area contributed by atoms with Crippen LogP contribution >= 0.6 is 19.2 Å². The molecule has 1 rings (SSSR count).